The number of hydrogen-bond donors (Lipinski definition) is 1. The van der Waals surface area contributed by atoms with E-state index >= 15 is 0 Å². The van der Waals surface area contributed by atoms with Gasteiger partial charge in [0, 0.05) is 24.1 Å². The van der Waals surface area contributed by atoms with E-state index in [1.54, 1.807) is 12.1 Å². The van der Waals surface area contributed by atoms with Crippen LogP contribution in [0.3, 0.4) is 0 Å². The number of nitro groups is 1. The summed E-state index contributed by atoms with van der Waals surface area (Å²) >= 11 is 0. The molecular formula is C16H14N4O2. The number of benzene rings is 2. The van der Waals surface area contributed by atoms with Crippen LogP contribution in [0.5, 0.6) is 0 Å². The normalized spacial score (nSPS) is 10.6. The first-order chi connectivity index (χ1) is 10.6. The van der Waals surface area contributed by atoms with Gasteiger partial charge in [0.05, 0.1) is 10.4 Å². The number of fused-ring (bicyclic) bond motifs is 1. The average molecular weight is 294 g/mol. The number of aromatic nitrogens is 2. The third kappa shape index (κ3) is 2.71. The van der Waals surface area contributed by atoms with Crippen molar-refractivity contribution < 1.29 is 4.92 Å². The van der Waals surface area contributed by atoms with Crippen LogP contribution >= 0.6 is 0 Å². The highest BCUT2D eigenvalue weighted by Gasteiger charge is 2.07. The number of rotatable bonds is 4. The Balaban J connectivity index is 1.87. The predicted molar refractivity (Wildman–Crippen MR) is 84.7 cm³/mol. The molecule has 3 aromatic rings. The topological polar surface area (TPSA) is 81.0 Å². The molecule has 22 heavy (non-hydrogen) atoms. The van der Waals surface area contributed by atoms with E-state index in [1.165, 1.54) is 12.4 Å². The minimum absolute atomic E-state index is 0.0858. The van der Waals surface area contributed by atoms with Gasteiger partial charge in [0.15, 0.2) is 0 Å². The molecule has 0 aliphatic carbocycles. The van der Waals surface area contributed by atoms with Crippen LogP contribution in [0.2, 0.25) is 0 Å². The monoisotopic (exact) mass is 294 g/mol. The zero-order chi connectivity index (χ0) is 15.5. The van der Waals surface area contributed by atoms with E-state index in [9.17, 15) is 10.1 Å². The Morgan fingerprint density at radius 1 is 1.18 bits per heavy atom. The zero-order valence-corrected chi connectivity index (χ0v) is 12.0. The van der Waals surface area contributed by atoms with Crippen molar-refractivity contribution in [3.8, 4) is 0 Å². The van der Waals surface area contributed by atoms with Crippen LogP contribution in [0.4, 0.5) is 11.5 Å². The van der Waals surface area contributed by atoms with Crippen molar-refractivity contribution >= 4 is 22.4 Å². The van der Waals surface area contributed by atoms with E-state index in [4.69, 9.17) is 0 Å². The summed E-state index contributed by atoms with van der Waals surface area (Å²) in [4.78, 5) is 19.0. The number of nitrogens with zero attached hydrogens (tertiary/aromatic N) is 3. The lowest BCUT2D eigenvalue weighted by atomic mass is 10.1. The highest BCUT2D eigenvalue weighted by atomic mass is 16.6. The van der Waals surface area contributed by atoms with Gasteiger partial charge in [-0.2, -0.15) is 0 Å². The molecule has 0 saturated carbocycles. The van der Waals surface area contributed by atoms with Crippen molar-refractivity contribution in [2.45, 2.75) is 13.5 Å². The molecule has 1 aromatic heterocycles. The smallest absolute Gasteiger partial charge is 0.269 e. The van der Waals surface area contributed by atoms with Crippen molar-refractivity contribution in [3.05, 3.63) is 70.0 Å². The van der Waals surface area contributed by atoms with E-state index in [-0.39, 0.29) is 5.69 Å². The summed E-state index contributed by atoms with van der Waals surface area (Å²) in [5, 5.41) is 15.0. The van der Waals surface area contributed by atoms with E-state index in [2.05, 4.69) is 15.3 Å². The molecule has 6 nitrogen and oxygen atoms in total. The molecular weight excluding hydrogens is 280 g/mol. The first kappa shape index (κ1) is 13.9. The number of nitrogens with one attached hydrogen (secondary N) is 1. The summed E-state index contributed by atoms with van der Waals surface area (Å²) < 4.78 is 0. The van der Waals surface area contributed by atoms with Gasteiger partial charge in [-0.3, -0.25) is 10.1 Å². The standard InChI is InChI=1S/C16H14N4O2/c1-11-4-2-7-14-15(11)18-10-19-16(14)17-9-12-5-3-6-13(8-12)20(21)22/h2-8,10H,9H2,1H3,(H,17,18,19). The maximum absolute atomic E-state index is 10.8. The number of non-ortho nitro benzene ring substituents is 1. The van der Waals surface area contributed by atoms with Gasteiger partial charge in [0.1, 0.15) is 12.1 Å². The molecule has 2 aromatic carbocycles. The van der Waals surface area contributed by atoms with Gasteiger partial charge in [-0.25, -0.2) is 9.97 Å². The molecule has 3 rings (SSSR count). The quantitative estimate of drug-likeness (QED) is 0.588. The third-order valence-electron chi connectivity index (χ3n) is 3.45. The Morgan fingerprint density at radius 2 is 2.00 bits per heavy atom. The van der Waals surface area contributed by atoms with Gasteiger partial charge < -0.3 is 5.32 Å². The Bertz CT molecular complexity index is 848. The summed E-state index contributed by atoms with van der Waals surface area (Å²) in [6, 6.07) is 12.5. The molecule has 0 spiro atoms. The van der Waals surface area contributed by atoms with E-state index in [0.717, 1.165) is 27.8 Å². The second-order valence-corrected chi connectivity index (χ2v) is 4.97. The zero-order valence-electron chi connectivity index (χ0n) is 12.0. The number of anilines is 1. The molecule has 0 radical (unpaired) electrons. The van der Waals surface area contributed by atoms with Gasteiger partial charge in [-0.1, -0.05) is 24.3 Å². The van der Waals surface area contributed by atoms with Crippen molar-refractivity contribution in [1.29, 1.82) is 0 Å². The van der Waals surface area contributed by atoms with Crippen LogP contribution in [0.1, 0.15) is 11.1 Å². The summed E-state index contributed by atoms with van der Waals surface area (Å²) in [5.74, 6) is 0.722. The fraction of sp³-hybridized carbons (Fsp3) is 0.125. The van der Waals surface area contributed by atoms with Gasteiger partial charge >= 0.3 is 0 Å². The maximum atomic E-state index is 10.8. The van der Waals surface area contributed by atoms with Crippen LogP contribution in [0, 0.1) is 17.0 Å². The highest BCUT2D eigenvalue weighted by molar-refractivity contribution is 5.90. The van der Waals surface area contributed by atoms with Crippen LogP contribution in [0.15, 0.2) is 48.8 Å². The Hall–Kier alpha value is -3.02. The number of para-hydroxylation sites is 1. The van der Waals surface area contributed by atoms with E-state index < -0.39 is 4.92 Å². The molecule has 1 heterocycles. The minimum atomic E-state index is -0.396. The second-order valence-electron chi connectivity index (χ2n) is 4.97. The Labute approximate surface area is 127 Å². The largest absolute Gasteiger partial charge is 0.365 e. The number of aryl methyl sites for hydroxylation is 1. The van der Waals surface area contributed by atoms with Crippen LogP contribution in [-0.2, 0) is 6.54 Å². The molecule has 0 fully saturated rings. The van der Waals surface area contributed by atoms with Crippen molar-refractivity contribution in [2.24, 2.45) is 0 Å². The average Bonchev–Trinajstić information content (AvgIpc) is 2.53. The fourth-order valence-corrected chi connectivity index (χ4v) is 2.34. The summed E-state index contributed by atoms with van der Waals surface area (Å²) in [6.45, 7) is 2.46. The molecule has 0 saturated heterocycles. The fourth-order valence-electron chi connectivity index (χ4n) is 2.34. The van der Waals surface area contributed by atoms with E-state index in [1.807, 2.05) is 31.2 Å². The van der Waals surface area contributed by atoms with E-state index in [0.29, 0.717) is 6.54 Å². The van der Waals surface area contributed by atoms with Gasteiger partial charge in [-0.15, -0.1) is 0 Å². The van der Waals surface area contributed by atoms with Crippen LogP contribution < -0.4 is 5.32 Å². The van der Waals surface area contributed by atoms with Crippen molar-refractivity contribution in [2.75, 3.05) is 5.32 Å². The highest BCUT2D eigenvalue weighted by Crippen LogP contribution is 2.22. The maximum Gasteiger partial charge on any atom is 0.269 e. The van der Waals surface area contributed by atoms with Crippen LogP contribution in [-0.4, -0.2) is 14.9 Å². The minimum Gasteiger partial charge on any atom is -0.365 e. The first-order valence-corrected chi connectivity index (χ1v) is 6.82. The molecule has 0 atom stereocenters. The van der Waals surface area contributed by atoms with Crippen molar-refractivity contribution in [3.63, 3.8) is 0 Å². The molecule has 6 heteroatoms. The Morgan fingerprint density at radius 3 is 2.82 bits per heavy atom. The molecule has 110 valence electrons. The lowest BCUT2D eigenvalue weighted by Gasteiger charge is -2.09. The van der Waals surface area contributed by atoms with Gasteiger partial charge in [-0.05, 0) is 24.1 Å². The SMILES string of the molecule is Cc1cccc2c(NCc3cccc([N+](=O)[O-])c3)ncnc12. The van der Waals surface area contributed by atoms with Gasteiger partial charge in [0.2, 0.25) is 0 Å². The molecule has 0 aliphatic rings. The molecule has 1 N–H and O–H groups in total. The molecule has 0 bridgehead atoms. The third-order valence-corrected chi connectivity index (χ3v) is 3.45. The number of nitro benzene ring substituents is 1. The second kappa shape index (κ2) is 5.77. The van der Waals surface area contributed by atoms with Crippen molar-refractivity contribution in [1.82, 2.24) is 9.97 Å². The molecule has 0 unspecified atom stereocenters. The van der Waals surface area contributed by atoms with Crippen LogP contribution in [0.25, 0.3) is 10.9 Å². The summed E-state index contributed by atoms with van der Waals surface area (Å²) in [6.07, 6.45) is 1.52. The lowest BCUT2D eigenvalue weighted by molar-refractivity contribution is -0.384. The molecule has 0 aliphatic heterocycles. The molecule has 0 amide bonds. The Kier molecular flexibility index (Phi) is 3.65. The number of hydrogen-bond acceptors (Lipinski definition) is 5. The van der Waals surface area contributed by atoms with Gasteiger partial charge in [0.25, 0.3) is 5.69 Å². The summed E-state index contributed by atoms with van der Waals surface area (Å²) in [7, 11) is 0. The lowest BCUT2D eigenvalue weighted by Crippen LogP contribution is -2.03. The summed E-state index contributed by atoms with van der Waals surface area (Å²) in [5.41, 5.74) is 2.90. The first-order valence-electron chi connectivity index (χ1n) is 6.82. The predicted octanol–water partition coefficient (Wildman–Crippen LogP) is 3.46.